The zero-order chi connectivity index (χ0) is 22.7. The van der Waals surface area contributed by atoms with E-state index < -0.39 is 5.97 Å². The van der Waals surface area contributed by atoms with Crippen molar-refractivity contribution in [3.63, 3.8) is 0 Å². The summed E-state index contributed by atoms with van der Waals surface area (Å²) in [6.45, 7) is 0. The Morgan fingerprint density at radius 1 is 1.19 bits per heavy atom. The number of rotatable bonds is 7. The summed E-state index contributed by atoms with van der Waals surface area (Å²) in [7, 11) is 2.79. The van der Waals surface area contributed by atoms with Crippen molar-refractivity contribution in [1.29, 1.82) is 0 Å². The standard InChI is InChI=1S/C21H18ClN5O4S/c1-30-16-8-7-11(22)9-12(16)18-25-21(27-26-18)32-10-15(28)17(20(29)31-2)19-23-13-5-3-4-6-14(13)24-19/h3-9,28H,10H2,1-2H3,(H,23,24)(H,25,26,27)/b17-15+. The molecule has 0 saturated heterocycles. The maximum atomic E-state index is 12.4. The number of carbonyl (C=O) groups excluding carboxylic acids is 1. The number of imidazole rings is 1. The molecule has 0 aliphatic heterocycles. The lowest BCUT2D eigenvalue weighted by molar-refractivity contribution is -0.133. The molecule has 3 N–H and O–H groups in total. The molecule has 32 heavy (non-hydrogen) atoms. The lowest BCUT2D eigenvalue weighted by atomic mass is 10.2. The second kappa shape index (κ2) is 9.33. The van der Waals surface area contributed by atoms with Crippen LogP contribution in [0.5, 0.6) is 5.75 Å². The highest BCUT2D eigenvalue weighted by atomic mass is 35.5. The van der Waals surface area contributed by atoms with Crippen LogP contribution in [-0.4, -0.2) is 56.2 Å². The number of ether oxygens (including phenoxy) is 2. The highest BCUT2D eigenvalue weighted by Gasteiger charge is 2.23. The molecule has 164 valence electrons. The van der Waals surface area contributed by atoms with Gasteiger partial charge in [-0.25, -0.2) is 14.8 Å². The molecule has 0 bridgehead atoms. The van der Waals surface area contributed by atoms with Crippen molar-refractivity contribution in [2.75, 3.05) is 20.0 Å². The van der Waals surface area contributed by atoms with E-state index in [9.17, 15) is 9.90 Å². The summed E-state index contributed by atoms with van der Waals surface area (Å²) in [6, 6.07) is 12.5. The zero-order valence-corrected chi connectivity index (χ0v) is 18.6. The van der Waals surface area contributed by atoms with Crippen LogP contribution in [0.15, 0.2) is 53.4 Å². The van der Waals surface area contributed by atoms with Crippen LogP contribution in [0.1, 0.15) is 5.82 Å². The number of para-hydroxylation sites is 2. The molecular formula is C21H18ClN5O4S. The van der Waals surface area contributed by atoms with Crippen molar-refractivity contribution in [3.8, 4) is 17.1 Å². The van der Waals surface area contributed by atoms with E-state index in [1.807, 2.05) is 18.2 Å². The van der Waals surface area contributed by atoms with Gasteiger partial charge in [0.15, 0.2) is 5.82 Å². The maximum Gasteiger partial charge on any atom is 0.345 e. The van der Waals surface area contributed by atoms with Gasteiger partial charge in [0.1, 0.15) is 22.9 Å². The van der Waals surface area contributed by atoms with E-state index in [2.05, 4.69) is 25.1 Å². The first kappa shape index (κ1) is 21.7. The minimum atomic E-state index is -0.707. The molecule has 9 nitrogen and oxygen atoms in total. The van der Waals surface area contributed by atoms with Gasteiger partial charge in [-0.05, 0) is 30.3 Å². The van der Waals surface area contributed by atoms with Crippen molar-refractivity contribution < 1.29 is 19.4 Å². The number of hydrogen-bond acceptors (Lipinski definition) is 8. The van der Waals surface area contributed by atoms with Gasteiger partial charge in [0, 0.05) is 5.02 Å². The monoisotopic (exact) mass is 471 g/mol. The summed E-state index contributed by atoms with van der Waals surface area (Å²) in [4.78, 5) is 24.2. The summed E-state index contributed by atoms with van der Waals surface area (Å²) in [5, 5.41) is 18.6. The molecule has 2 aromatic heterocycles. The van der Waals surface area contributed by atoms with E-state index >= 15 is 0 Å². The molecule has 0 unspecified atom stereocenters. The number of aromatic amines is 2. The van der Waals surface area contributed by atoms with Crippen LogP contribution in [0.4, 0.5) is 0 Å². The van der Waals surface area contributed by atoms with Gasteiger partial charge in [-0.1, -0.05) is 35.5 Å². The topological polar surface area (TPSA) is 126 Å². The molecule has 0 aliphatic carbocycles. The first-order chi connectivity index (χ1) is 15.5. The van der Waals surface area contributed by atoms with Crippen LogP contribution in [0.2, 0.25) is 5.02 Å². The fourth-order valence-corrected chi connectivity index (χ4v) is 3.87. The number of aromatic nitrogens is 5. The van der Waals surface area contributed by atoms with Crippen LogP contribution in [0.25, 0.3) is 28.0 Å². The van der Waals surface area contributed by atoms with Gasteiger partial charge >= 0.3 is 5.97 Å². The first-order valence-electron chi connectivity index (χ1n) is 9.34. The third-order valence-electron chi connectivity index (χ3n) is 4.52. The molecule has 0 aliphatic rings. The van der Waals surface area contributed by atoms with Gasteiger partial charge in [0.05, 0.1) is 36.6 Å². The number of fused-ring (bicyclic) bond motifs is 1. The molecule has 4 rings (SSSR count). The lowest BCUT2D eigenvalue weighted by Gasteiger charge is -2.06. The van der Waals surface area contributed by atoms with E-state index in [4.69, 9.17) is 21.1 Å². The van der Waals surface area contributed by atoms with Crippen LogP contribution in [-0.2, 0) is 9.53 Å². The number of benzene rings is 2. The van der Waals surface area contributed by atoms with Gasteiger partial charge in [0.25, 0.3) is 0 Å². The van der Waals surface area contributed by atoms with Crippen molar-refractivity contribution in [1.82, 2.24) is 25.1 Å². The molecule has 0 radical (unpaired) electrons. The van der Waals surface area contributed by atoms with Gasteiger partial charge in [-0.2, -0.15) is 0 Å². The molecule has 4 aromatic rings. The Hall–Kier alpha value is -3.50. The smallest absolute Gasteiger partial charge is 0.345 e. The third-order valence-corrected chi connectivity index (χ3v) is 5.62. The average molecular weight is 472 g/mol. The van der Waals surface area contributed by atoms with Crippen molar-refractivity contribution in [2.24, 2.45) is 0 Å². The van der Waals surface area contributed by atoms with Crippen molar-refractivity contribution in [3.05, 3.63) is 59.1 Å². The van der Waals surface area contributed by atoms with Crippen molar-refractivity contribution >= 4 is 45.9 Å². The van der Waals surface area contributed by atoms with E-state index in [1.165, 1.54) is 7.11 Å². The SMILES string of the molecule is COC(=O)/C(=C(/O)CSc1n[nH]c(-c2cc(Cl)ccc2OC)n1)c1nc2ccccc2[nH]1. The number of esters is 1. The van der Waals surface area contributed by atoms with E-state index in [0.717, 1.165) is 17.3 Å². The number of aliphatic hydroxyl groups excluding tert-OH is 1. The normalized spacial score (nSPS) is 12.0. The Bertz CT molecular complexity index is 1280. The summed E-state index contributed by atoms with van der Waals surface area (Å²) < 4.78 is 10.2. The largest absolute Gasteiger partial charge is 0.510 e. The number of H-pyrrole nitrogens is 2. The Labute approximate surface area is 191 Å². The zero-order valence-electron chi connectivity index (χ0n) is 17.0. The molecule has 2 heterocycles. The quantitative estimate of drug-likeness (QED) is 0.158. The van der Waals surface area contributed by atoms with Gasteiger partial charge < -0.3 is 19.6 Å². The number of nitrogens with one attached hydrogen (secondary N) is 2. The van der Waals surface area contributed by atoms with Crippen LogP contribution in [0.3, 0.4) is 0 Å². The number of carbonyl (C=O) groups is 1. The summed E-state index contributed by atoms with van der Waals surface area (Å²) in [5.74, 6) is 0.360. The predicted octanol–water partition coefficient (Wildman–Crippen LogP) is 4.24. The molecule has 11 heteroatoms. The Balaban J connectivity index is 1.59. The highest BCUT2D eigenvalue weighted by molar-refractivity contribution is 7.99. The van der Waals surface area contributed by atoms with Gasteiger partial charge in [-0.15, -0.1) is 5.10 Å². The van der Waals surface area contributed by atoms with Crippen LogP contribution >= 0.6 is 23.4 Å². The Kier molecular flexibility index (Phi) is 6.33. The minimum Gasteiger partial charge on any atom is -0.510 e. The fraction of sp³-hybridized carbons (Fsp3) is 0.143. The Morgan fingerprint density at radius 3 is 2.75 bits per heavy atom. The number of aliphatic hydroxyl groups is 1. The minimum absolute atomic E-state index is 0.0193. The van der Waals surface area contributed by atoms with Gasteiger partial charge in [0.2, 0.25) is 5.16 Å². The van der Waals surface area contributed by atoms with E-state index in [-0.39, 0.29) is 22.9 Å². The second-order valence-electron chi connectivity index (χ2n) is 6.52. The predicted molar refractivity (Wildman–Crippen MR) is 122 cm³/mol. The number of methoxy groups -OCH3 is 2. The van der Waals surface area contributed by atoms with Crippen LogP contribution in [0, 0.1) is 0 Å². The molecule has 0 saturated carbocycles. The number of halogens is 1. The number of nitrogens with zero attached hydrogens (tertiary/aromatic N) is 3. The molecule has 0 atom stereocenters. The summed E-state index contributed by atoms with van der Waals surface area (Å²) >= 11 is 7.22. The Morgan fingerprint density at radius 2 is 2.00 bits per heavy atom. The average Bonchev–Trinajstić information content (AvgIpc) is 3.44. The maximum absolute atomic E-state index is 12.4. The summed E-state index contributed by atoms with van der Waals surface area (Å²) in [6.07, 6.45) is 0. The lowest BCUT2D eigenvalue weighted by Crippen LogP contribution is -2.09. The van der Waals surface area contributed by atoms with Crippen molar-refractivity contribution in [2.45, 2.75) is 5.16 Å². The number of thioether (sulfide) groups is 1. The molecule has 0 spiro atoms. The molecule has 0 amide bonds. The fourth-order valence-electron chi connectivity index (χ4n) is 3.03. The highest BCUT2D eigenvalue weighted by Crippen LogP contribution is 2.31. The number of hydrogen-bond donors (Lipinski definition) is 3. The van der Waals surface area contributed by atoms with Crippen LogP contribution < -0.4 is 4.74 Å². The van der Waals surface area contributed by atoms with Gasteiger partial charge in [-0.3, -0.25) is 5.10 Å². The molecule has 2 aromatic carbocycles. The third kappa shape index (κ3) is 4.41. The summed E-state index contributed by atoms with van der Waals surface area (Å²) in [5.41, 5.74) is 2.00. The van der Waals surface area contributed by atoms with E-state index in [1.54, 1.807) is 31.4 Å². The molecular weight excluding hydrogens is 454 g/mol. The second-order valence-corrected chi connectivity index (χ2v) is 7.89. The first-order valence-corrected chi connectivity index (χ1v) is 10.7. The molecule has 0 fully saturated rings. The van der Waals surface area contributed by atoms with E-state index in [0.29, 0.717) is 32.8 Å².